The smallest absolute Gasteiger partial charge is 0.293 e. The molecule has 0 aromatic rings. The van der Waals surface area contributed by atoms with Crippen LogP contribution in [0, 0.1) is 35.5 Å². The Hall–Kier alpha value is -0.790. The Bertz CT molecular complexity index is 362. The Morgan fingerprint density at radius 2 is 1.76 bits per heavy atom. The lowest BCUT2D eigenvalue weighted by Gasteiger charge is -2.34. The lowest BCUT2D eigenvalue weighted by molar-refractivity contribution is -0.137. The van der Waals surface area contributed by atoms with Crippen LogP contribution in [0.25, 0.3) is 0 Å². The molecule has 7 unspecified atom stereocenters. The van der Waals surface area contributed by atoms with Gasteiger partial charge in [-0.3, -0.25) is 4.79 Å². The molecule has 0 spiro atoms. The average molecular weight is 232 g/mol. The summed E-state index contributed by atoms with van der Waals surface area (Å²) in [7, 11) is 0. The maximum Gasteiger partial charge on any atom is 0.293 e. The molecule has 3 saturated carbocycles. The second kappa shape index (κ2) is 3.60. The molecule has 0 N–H and O–H groups in total. The summed E-state index contributed by atoms with van der Waals surface area (Å²) >= 11 is 0. The monoisotopic (exact) mass is 232 g/mol. The fourth-order valence-corrected chi connectivity index (χ4v) is 5.65. The van der Waals surface area contributed by atoms with Gasteiger partial charge in [0.2, 0.25) is 0 Å². The molecule has 0 saturated heterocycles. The van der Waals surface area contributed by atoms with Gasteiger partial charge in [-0.05, 0) is 67.6 Å². The summed E-state index contributed by atoms with van der Waals surface area (Å²) in [5.74, 6) is 5.22. The van der Waals surface area contributed by atoms with Crippen molar-refractivity contribution in [2.75, 3.05) is 0 Å². The number of fused-ring (bicyclic) bond motifs is 7. The molecule has 4 aliphatic rings. The van der Waals surface area contributed by atoms with Crippen molar-refractivity contribution < 1.29 is 9.53 Å². The summed E-state index contributed by atoms with van der Waals surface area (Å²) < 4.78 is 5.33. The summed E-state index contributed by atoms with van der Waals surface area (Å²) in [5.41, 5.74) is 0. The van der Waals surface area contributed by atoms with E-state index in [9.17, 15) is 4.79 Å². The fraction of sp³-hybridized carbons (Fsp3) is 0.800. The largest absolute Gasteiger partial charge is 0.464 e. The Morgan fingerprint density at radius 1 is 0.941 bits per heavy atom. The molecular formula is C15H20O2. The molecule has 0 radical (unpaired) electrons. The summed E-state index contributed by atoms with van der Waals surface area (Å²) in [5, 5.41) is 0. The predicted molar refractivity (Wildman–Crippen MR) is 64.1 cm³/mol. The highest BCUT2D eigenvalue weighted by Crippen LogP contribution is 2.64. The molecule has 2 bridgehead atoms. The first-order valence-corrected chi connectivity index (χ1v) is 7.12. The quantitative estimate of drug-likeness (QED) is 0.540. The van der Waals surface area contributed by atoms with Crippen molar-refractivity contribution in [1.29, 1.82) is 0 Å². The summed E-state index contributed by atoms with van der Waals surface area (Å²) in [4.78, 5) is 10.6. The number of carbonyl (C=O) groups excluding carboxylic acids is 1. The fourth-order valence-electron chi connectivity index (χ4n) is 5.65. The number of rotatable bonds is 2. The normalized spacial score (nSPS) is 54.5. The van der Waals surface area contributed by atoms with Crippen LogP contribution in [0.5, 0.6) is 0 Å². The Kier molecular flexibility index (Phi) is 2.15. The molecule has 2 nitrogen and oxygen atoms in total. The number of allylic oxidation sites excluding steroid dienone is 2. The van der Waals surface area contributed by atoms with Crippen LogP contribution in [0.4, 0.5) is 0 Å². The Morgan fingerprint density at radius 3 is 2.65 bits per heavy atom. The first kappa shape index (κ1) is 10.2. The molecule has 92 valence electrons. The van der Waals surface area contributed by atoms with Crippen molar-refractivity contribution >= 4 is 6.47 Å². The molecule has 4 rings (SSSR count). The van der Waals surface area contributed by atoms with Gasteiger partial charge in [-0.2, -0.15) is 0 Å². The standard InChI is InChI=1S/C15H20O2/c16-8-17-14-7-10-6-13(14)15-11-4-2-1-3-9(11)5-12(10)15/h1-2,8-15H,3-7H2. The van der Waals surface area contributed by atoms with Gasteiger partial charge in [-0.1, -0.05) is 12.2 Å². The Labute approximate surface area is 102 Å². The van der Waals surface area contributed by atoms with Gasteiger partial charge < -0.3 is 4.74 Å². The van der Waals surface area contributed by atoms with Crippen molar-refractivity contribution in [2.24, 2.45) is 35.5 Å². The third-order valence-corrected chi connectivity index (χ3v) is 6.10. The van der Waals surface area contributed by atoms with Crippen LogP contribution in [-0.2, 0) is 9.53 Å². The van der Waals surface area contributed by atoms with Gasteiger partial charge >= 0.3 is 0 Å². The molecule has 7 atom stereocenters. The number of hydrogen-bond donors (Lipinski definition) is 0. The number of hydrogen-bond acceptors (Lipinski definition) is 2. The van der Waals surface area contributed by atoms with E-state index in [-0.39, 0.29) is 6.10 Å². The van der Waals surface area contributed by atoms with Gasteiger partial charge in [0.05, 0.1) is 0 Å². The summed E-state index contributed by atoms with van der Waals surface area (Å²) in [6, 6.07) is 0. The molecule has 2 heteroatoms. The second-order valence-electron chi connectivity index (χ2n) is 6.51. The molecule has 0 amide bonds. The first-order valence-electron chi connectivity index (χ1n) is 7.12. The van der Waals surface area contributed by atoms with E-state index in [0.29, 0.717) is 12.4 Å². The van der Waals surface area contributed by atoms with Gasteiger partial charge in [0.1, 0.15) is 6.10 Å². The molecule has 17 heavy (non-hydrogen) atoms. The zero-order valence-electron chi connectivity index (χ0n) is 10.1. The highest BCUT2D eigenvalue weighted by Gasteiger charge is 2.60. The van der Waals surface area contributed by atoms with E-state index in [1.807, 2.05) is 0 Å². The van der Waals surface area contributed by atoms with E-state index in [1.165, 1.54) is 25.7 Å². The molecule has 0 heterocycles. The van der Waals surface area contributed by atoms with Crippen LogP contribution in [-0.4, -0.2) is 12.6 Å². The van der Waals surface area contributed by atoms with E-state index in [1.54, 1.807) is 0 Å². The van der Waals surface area contributed by atoms with Gasteiger partial charge in [-0.25, -0.2) is 0 Å². The molecular weight excluding hydrogens is 212 g/mol. The van der Waals surface area contributed by atoms with Crippen LogP contribution in [0.1, 0.15) is 32.1 Å². The SMILES string of the molecule is O=COC1CC2CC1C1C3CC=CCC3CC21. The van der Waals surface area contributed by atoms with Crippen molar-refractivity contribution in [3.05, 3.63) is 12.2 Å². The van der Waals surface area contributed by atoms with E-state index >= 15 is 0 Å². The maximum atomic E-state index is 10.6. The highest BCUT2D eigenvalue weighted by molar-refractivity contribution is 5.38. The third-order valence-electron chi connectivity index (χ3n) is 6.10. The van der Waals surface area contributed by atoms with Crippen LogP contribution >= 0.6 is 0 Å². The molecule has 0 aromatic heterocycles. The predicted octanol–water partition coefficient (Wildman–Crippen LogP) is 2.79. The topological polar surface area (TPSA) is 26.3 Å². The summed E-state index contributed by atoms with van der Waals surface area (Å²) in [6.45, 7) is 0.674. The number of carbonyl (C=O) groups is 1. The minimum Gasteiger partial charge on any atom is -0.464 e. The van der Waals surface area contributed by atoms with Crippen LogP contribution in [0.3, 0.4) is 0 Å². The Balaban J connectivity index is 1.60. The van der Waals surface area contributed by atoms with Gasteiger partial charge in [0, 0.05) is 0 Å². The average Bonchev–Trinajstić information content (AvgIpc) is 2.97. The minimum atomic E-state index is 0.253. The molecule has 4 aliphatic carbocycles. The van der Waals surface area contributed by atoms with E-state index < -0.39 is 0 Å². The lowest BCUT2D eigenvalue weighted by atomic mass is 9.73. The molecule has 0 aromatic carbocycles. The molecule has 0 aliphatic heterocycles. The minimum absolute atomic E-state index is 0.253. The van der Waals surface area contributed by atoms with Gasteiger partial charge in [-0.15, -0.1) is 0 Å². The van der Waals surface area contributed by atoms with E-state index in [2.05, 4.69) is 12.2 Å². The summed E-state index contributed by atoms with van der Waals surface area (Å²) in [6.07, 6.45) is 11.5. The van der Waals surface area contributed by atoms with Crippen LogP contribution in [0.2, 0.25) is 0 Å². The van der Waals surface area contributed by atoms with Crippen molar-refractivity contribution in [3.8, 4) is 0 Å². The first-order chi connectivity index (χ1) is 8.38. The van der Waals surface area contributed by atoms with E-state index in [4.69, 9.17) is 4.74 Å². The number of ether oxygens (including phenoxy) is 1. The highest BCUT2D eigenvalue weighted by atomic mass is 16.5. The van der Waals surface area contributed by atoms with Crippen LogP contribution < -0.4 is 0 Å². The third kappa shape index (κ3) is 1.30. The van der Waals surface area contributed by atoms with Gasteiger partial charge in [0.25, 0.3) is 6.47 Å². The van der Waals surface area contributed by atoms with Crippen LogP contribution in [0.15, 0.2) is 12.2 Å². The second-order valence-corrected chi connectivity index (χ2v) is 6.51. The zero-order valence-corrected chi connectivity index (χ0v) is 10.1. The molecule has 3 fully saturated rings. The van der Waals surface area contributed by atoms with Gasteiger partial charge in [0.15, 0.2) is 0 Å². The zero-order chi connectivity index (χ0) is 11.4. The lowest BCUT2D eigenvalue weighted by Crippen LogP contribution is -2.33. The van der Waals surface area contributed by atoms with Crippen molar-refractivity contribution in [1.82, 2.24) is 0 Å². The maximum absolute atomic E-state index is 10.6. The van der Waals surface area contributed by atoms with Crippen molar-refractivity contribution in [3.63, 3.8) is 0 Å². The van der Waals surface area contributed by atoms with E-state index in [0.717, 1.165) is 36.0 Å². The van der Waals surface area contributed by atoms with Crippen molar-refractivity contribution in [2.45, 2.75) is 38.2 Å².